The van der Waals surface area contributed by atoms with Gasteiger partial charge in [0.2, 0.25) is 0 Å². The Morgan fingerprint density at radius 3 is 2.70 bits per heavy atom. The second kappa shape index (κ2) is 6.99. The Balaban J connectivity index is 2.08. The second-order valence-electron chi connectivity index (χ2n) is 9.10. The van der Waals surface area contributed by atoms with Gasteiger partial charge in [0.05, 0.1) is 7.11 Å². The fraction of sp³-hybridized carbons (Fsp3) is 0.857. The average molecular weight is 321 g/mol. The van der Waals surface area contributed by atoms with Crippen LogP contribution in [0.1, 0.15) is 79.6 Å². The van der Waals surface area contributed by atoms with Gasteiger partial charge < -0.3 is 4.74 Å². The third-order valence-corrected chi connectivity index (χ3v) is 6.99. The molecule has 2 rings (SSSR count). The third kappa shape index (κ3) is 3.83. The molecule has 0 aromatic rings. The lowest BCUT2D eigenvalue weighted by Crippen LogP contribution is -2.48. The first-order valence-corrected chi connectivity index (χ1v) is 9.44. The van der Waals surface area contributed by atoms with Crippen molar-refractivity contribution >= 4 is 5.97 Å². The van der Waals surface area contributed by atoms with Crippen molar-refractivity contribution < 1.29 is 9.53 Å². The summed E-state index contributed by atoms with van der Waals surface area (Å²) in [5, 5.41) is 0. The maximum absolute atomic E-state index is 11.5. The van der Waals surface area contributed by atoms with Gasteiger partial charge in [-0.15, -0.1) is 0 Å². The highest BCUT2D eigenvalue weighted by molar-refractivity contribution is 5.69. The lowest BCUT2D eigenvalue weighted by Gasteiger charge is -2.57. The summed E-state index contributed by atoms with van der Waals surface area (Å²) in [7, 11) is 1.48. The Morgan fingerprint density at radius 2 is 2.04 bits per heavy atom. The van der Waals surface area contributed by atoms with E-state index in [1.165, 1.54) is 39.2 Å². The molecule has 0 aromatic carbocycles. The minimum absolute atomic E-state index is 0.0729. The Morgan fingerprint density at radius 1 is 1.35 bits per heavy atom. The Bertz CT molecular complexity index is 462. The normalized spacial score (nSPS) is 34.3. The van der Waals surface area contributed by atoms with Crippen molar-refractivity contribution in [2.24, 2.45) is 28.6 Å². The van der Waals surface area contributed by atoms with Gasteiger partial charge in [-0.05, 0) is 67.6 Å². The van der Waals surface area contributed by atoms with E-state index in [1.807, 2.05) is 0 Å². The number of rotatable bonds is 5. The molecule has 1 fully saturated rings. The van der Waals surface area contributed by atoms with Crippen molar-refractivity contribution in [2.45, 2.75) is 79.6 Å². The zero-order valence-corrected chi connectivity index (χ0v) is 16.1. The molecule has 132 valence electrons. The van der Waals surface area contributed by atoms with E-state index in [1.54, 1.807) is 5.57 Å². The number of fused-ring (bicyclic) bond motifs is 1. The minimum Gasteiger partial charge on any atom is -0.469 e. The van der Waals surface area contributed by atoms with Gasteiger partial charge in [-0.1, -0.05) is 45.8 Å². The summed E-state index contributed by atoms with van der Waals surface area (Å²) in [5.41, 5.74) is 2.48. The molecule has 0 heterocycles. The summed E-state index contributed by atoms with van der Waals surface area (Å²) in [5.74, 6) is 1.82. The van der Waals surface area contributed by atoms with Gasteiger partial charge in [0, 0.05) is 6.42 Å². The van der Waals surface area contributed by atoms with Crippen molar-refractivity contribution in [3.8, 4) is 0 Å². The van der Waals surface area contributed by atoms with Crippen molar-refractivity contribution in [1.29, 1.82) is 0 Å². The molecular weight excluding hydrogens is 284 g/mol. The summed E-state index contributed by atoms with van der Waals surface area (Å²) in [6.45, 7) is 12.0. The summed E-state index contributed by atoms with van der Waals surface area (Å²) >= 11 is 0. The van der Waals surface area contributed by atoms with E-state index < -0.39 is 0 Å². The molecule has 0 bridgehead atoms. The highest BCUT2D eigenvalue weighted by Gasteiger charge is 2.51. The topological polar surface area (TPSA) is 26.3 Å². The van der Waals surface area contributed by atoms with E-state index in [4.69, 9.17) is 4.74 Å². The van der Waals surface area contributed by atoms with Crippen LogP contribution in [-0.4, -0.2) is 13.1 Å². The lowest BCUT2D eigenvalue weighted by molar-refractivity contribution is -0.141. The van der Waals surface area contributed by atoms with Gasteiger partial charge in [-0.3, -0.25) is 4.79 Å². The molecule has 2 heteroatoms. The summed E-state index contributed by atoms with van der Waals surface area (Å²) in [6, 6.07) is 0. The zero-order chi connectivity index (χ0) is 17.3. The van der Waals surface area contributed by atoms with E-state index in [-0.39, 0.29) is 5.97 Å². The standard InChI is InChI=1S/C21H36O2/c1-15(14-19(22)23-6)8-10-17-16(2)9-11-18-20(3,4)12-7-13-21(17,18)5/h9,15,17-18H,7-8,10-14H2,1-6H3/t15-,17+,18+,21-/m1/s1. The molecule has 2 nitrogen and oxygen atoms in total. The molecule has 2 aliphatic carbocycles. The van der Waals surface area contributed by atoms with Crippen LogP contribution in [0, 0.1) is 28.6 Å². The van der Waals surface area contributed by atoms with Crippen molar-refractivity contribution in [1.82, 2.24) is 0 Å². The van der Waals surface area contributed by atoms with Gasteiger partial charge in [-0.25, -0.2) is 0 Å². The molecule has 2 aliphatic rings. The molecule has 0 amide bonds. The molecule has 0 radical (unpaired) electrons. The van der Waals surface area contributed by atoms with E-state index in [9.17, 15) is 4.79 Å². The number of carbonyl (C=O) groups excluding carboxylic acids is 1. The second-order valence-corrected chi connectivity index (χ2v) is 9.10. The maximum atomic E-state index is 11.5. The van der Waals surface area contributed by atoms with Crippen LogP contribution in [0.25, 0.3) is 0 Å². The lowest BCUT2D eigenvalue weighted by atomic mass is 9.48. The first-order chi connectivity index (χ1) is 10.7. The maximum Gasteiger partial charge on any atom is 0.305 e. The van der Waals surface area contributed by atoms with E-state index in [0.29, 0.717) is 29.1 Å². The van der Waals surface area contributed by atoms with E-state index >= 15 is 0 Å². The predicted octanol–water partition coefficient (Wildman–Crippen LogP) is 5.76. The number of carbonyl (C=O) groups is 1. The predicted molar refractivity (Wildman–Crippen MR) is 96.1 cm³/mol. The van der Waals surface area contributed by atoms with Crippen molar-refractivity contribution in [3.63, 3.8) is 0 Å². The molecule has 0 aromatic heterocycles. The molecule has 0 spiro atoms. The van der Waals surface area contributed by atoms with Gasteiger partial charge in [0.25, 0.3) is 0 Å². The molecule has 23 heavy (non-hydrogen) atoms. The fourth-order valence-electron chi connectivity index (χ4n) is 5.62. The number of allylic oxidation sites excluding steroid dienone is 2. The van der Waals surface area contributed by atoms with Crippen LogP contribution in [0.15, 0.2) is 11.6 Å². The van der Waals surface area contributed by atoms with Crippen LogP contribution in [0.2, 0.25) is 0 Å². The molecule has 0 aliphatic heterocycles. The van der Waals surface area contributed by atoms with Gasteiger partial charge in [0.15, 0.2) is 0 Å². The van der Waals surface area contributed by atoms with Crippen molar-refractivity contribution in [2.75, 3.05) is 7.11 Å². The molecule has 1 saturated carbocycles. The van der Waals surface area contributed by atoms with Gasteiger partial charge >= 0.3 is 5.97 Å². The Kier molecular flexibility index (Phi) is 5.63. The number of methoxy groups -OCH3 is 1. The molecular formula is C21H36O2. The van der Waals surface area contributed by atoms with Crippen LogP contribution in [0.5, 0.6) is 0 Å². The summed E-state index contributed by atoms with van der Waals surface area (Å²) in [6.07, 6.45) is 10.7. The van der Waals surface area contributed by atoms with E-state index in [0.717, 1.165) is 12.3 Å². The number of hydrogen-bond donors (Lipinski definition) is 0. The number of hydrogen-bond acceptors (Lipinski definition) is 2. The molecule has 0 unspecified atom stereocenters. The molecule has 0 N–H and O–H groups in total. The molecule has 0 saturated heterocycles. The first-order valence-electron chi connectivity index (χ1n) is 9.44. The summed E-state index contributed by atoms with van der Waals surface area (Å²) < 4.78 is 4.82. The Hall–Kier alpha value is -0.790. The largest absolute Gasteiger partial charge is 0.469 e. The SMILES string of the molecule is COC(=O)C[C@H](C)CC[C@H]1C(C)=CC[C@H]2C(C)(C)CCC[C@]12C. The average Bonchev–Trinajstić information content (AvgIpc) is 2.45. The zero-order valence-electron chi connectivity index (χ0n) is 16.1. The smallest absolute Gasteiger partial charge is 0.305 e. The number of esters is 1. The van der Waals surface area contributed by atoms with Gasteiger partial charge in [-0.2, -0.15) is 0 Å². The van der Waals surface area contributed by atoms with Crippen LogP contribution in [0.3, 0.4) is 0 Å². The number of ether oxygens (including phenoxy) is 1. The summed E-state index contributed by atoms with van der Waals surface area (Å²) in [4.78, 5) is 11.5. The minimum atomic E-state index is -0.0729. The fourth-order valence-corrected chi connectivity index (χ4v) is 5.62. The highest BCUT2D eigenvalue weighted by Crippen LogP contribution is 2.60. The first kappa shape index (κ1) is 18.5. The monoisotopic (exact) mass is 320 g/mol. The third-order valence-electron chi connectivity index (χ3n) is 6.99. The Labute approximate surface area is 143 Å². The van der Waals surface area contributed by atoms with E-state index in [2.05, 4.69) is 40.7 Å². The van der Waals surface area contributed by atoms with Crippen LogP contribution >= 0.6 is 0 Å². The van der Waals surface area contributed by atoms with Crippen LogP contribution in [-0.2, 0) is 9.53 Å². The highest BCUT2D eigenvalue weighted by atomic mass is 16.5. The van der Waals surface area contributed by atoms with Crippen LogP contribution < -0.4 is 0 Å². The molecule has 4 atom stereocenters. The van der Waals surface area contributed by atoms with Gasteiger partial charge in [0.1, 0.15) is 0 Å². The van der Waals surface area contributed by atoms with Crippen LogP contribution in [0.4, 0.5) is 0 Å². The quantitative estimate of drug-likeness (QED) is 0.475. The van der Waals surface area contributed by atoms with Crippen molar-refractivity contribution in [3.05, 3.63) is 11.6 Å².